The van der Waals surface area contributed by atoms with Crippen molar-refractivity contribution in [3.05, 3.63) is 35.4 Å². The number of ether oxygens (including phenoxy) is 1. The Kier molecular flexibility index (Phi) is 6.12. The van der Waals surface area contributed by atoms with E-state index < -0.39 is 0 Å². The highest BCUT2D eigenvalue weighted by Crippen LogP contribution is 2.19. The molecule has 0 saturated carbocycles. The van der Waals surface area contributed by atoms with Crippen LogP contribution in [0.1, 0.15) is 43.4 Å². The number of aliphatic hydroxyl groups is 1. The molecule has 1 aromatic rings. The van der Waals surface area contributed by atoms with Crippen LogP contribution in [0.5, 0.6) is 0 Å². The molecule has 0 fully saturated rings. The van der Waals surface area contributed by atoms with Crippen LogP contribution in [0.4, 0.5) is 0 Å². The molecule has 90 valence electrons. The zero-order valence-electron chi connectivity index (χ0n) is 10.3. The van der Waals surface area contributed by atoms with Gasteiger partial charge >= 0.3 is 0 Å². The van der Waals surface area contributed by atoms with Gasteiger partial charge in [0.25, 0.3) is 0 Å². The molecule has 0 heterocycles. The number of hydrogen-bond donors (Lipinski definition) is 1. The van der Waals surface area contributed by atoms with Gasteiger partial charge in [0.05, 0.1) is 6.10 Å². The van der Waals surface area contributed by atoms with Gasteiger partial charge in [-0.2, -0.15) is 0 Å². The largest absolute Gasteiger partial charge is 0.388 e. The maximum Gasteiger partial charge on any atom is 0.0790 e. The van der Waals surface area contributed by atoms with Crippen molar-refractivity contribution in [1.82, 2.24) is 0 Å². The molecule has 0 aromatic heterocycles. The van der Waals surface area contributed by atoms with Crippen molar-refractivity contribution in [3.63, 3.8) is 0 Å². The summed E-state index contributed by atoms with van der Waals surface area (Å²) in [4.78, 5) is 0. The first-order valence-corrected chi connectivity index (χ1v) is 6.03. The Morgan fingerprint density at radius 2 is 1.94 bits per heavy atom. The fourth-order valence-corrected chi connectivity index (χ4v) is 1.78. The van der Waals surface area contributed by atoms with Crippen molar-refractivity contribution in [1.29, 1.82) is 0 Å². The fraction of sp³-hybridized carbons (Fsp3) is 0.571. The van der Waals surface area contributed by atoms with Crippen molar-refractivity contribution in [3.8, 4) is 0 Å². The van der Waals surface area contributed by atoms with E-state index in [1.807, 2.05) is 12.1 Å². The minimum absolute atomic E-state index is 0.356. The highest BCUT2D eigenvalue weighted by Gasteiger charge is 2.06. The summed E-state index contributed by atoms with van der Waals surface area (Å²) in [5.74, 6) is 0. The first-order valence-electron chi connectivity index (χ1n) is 6.03. The number of aryl methyl sites for hydroxylation is 1. The average molecular weight is 222 g/mol. The second-order valence-corrected chi connectivity index (χ2v) is 4.14. The molecule has 1 unspecified atom stereocenters. The number of rotatable bonds is 7. The number of hydrogen-bond acceptors (Lipinski definition) is 2. The minimum Gasteiger partial charge on any atom is -0.388 e. The smallest absolute Gasteiger partial charge is 0.0790 e. The Balaban J connectivity index is 2.46. The first-order chi connectivity index (χ1) is 7.77. The SMILES string of the molecule is CCCc1ccc(C(O)CCCOC)cc1. The van der Waals surface area contributed by atoms with Crippen LogP contribution < -0.4 is 0 Å². The second kappa shape index (κ2) is 7.42. The summed E-state index contributed by atoms with van der Waals surface area (Å²) in [7, 11) is 1.69. The number of benzene rings is 1. The van der Waals surface area contributed by atoms with E-state index in [1.54, 1.807) is 7.11 Å². The summed E-state index contributed by atoms with van der Waals surface area (Å²) in [5, 5.41) is 9.91. The van der Waals surface area contributed by atoms with Crippen LogP contribution in [0.15, 0.2) is 24.3 Å². The Morgan fingerprint density at radius 3 is 2.50 bits per heavy atom. The molecule has 1 N–H and O–H groups in total. The summed E-state index contributed by atoms with van der Waals surface area (Å²) >= 11 is 0. The van der Waals surface area contributed by atoms with Gasteiger partial charge in [0.1, 0.15) is 0 Å². The van der Waals surface area contributed by atoms with Crippen LogP contribution >= 0.6 is 0 Å². The molecule has 2 heteroatoms. The lowest BCUT2D eigenvalue weighted by Gasteiger charge is -2.11. The lowest BCUT2D eigenvalue weighted by Crippen LogP contribution is -2.00. The van der Waals surface area contributed by atoms with Crippen LogP contribution in [-0.2, 0) is 11.2 Å². The number of aliphatic hydroxyl groups excluding tert-OH is 1. The lowest BCUT2D eigenvalue weighted by molar-refractivity contribution is 0.136. The second-order valence-electron chi connectivity index (χ2n) is 4.14. The van der Waals surface area contributed by atoms with Gasteiger partial charge in [-0.25, -0.2) is 0 Å². The monoisotopic (exact) mass is 222 g/mol. The maximum absolute atomic E-state index is 9.91. The van der Waals surface area contributed by atoms with Crippen molar-refractivity contribution in [2.45, 2.75) is 38.7 Å². The maximum atomic E-state index is 9.91. The zero-order valence-corrected chi connectivity index (χ0v) is 10.3. The van der Waals surface area contributed by atoms with Gasteiger partial charge in [-0.05, 0) is 30.4 Å². The molecule has 0 saturated heterocycles. The normalized spacial score (nSPS) is 12.7. The van der Waals surface area contributed by atoms with E-state index >= 15 is 0 Å². The predicted molar refractivity (Wildman–Crippen MR) is 66.5 cm³/mol. The highest BCUT2D eigenvalue weighted by atomic mass is 16.5. The highest BCUT2D eigenvalue weighted by molar-refractivity contribution is 5.24. The van der Waals surface area contributed by atoms with Crippen molar-refractivity contribution < 1.29 is 9.84 Å². The van der Waals surface area contributed by atoms with Gasteiger partial charge in [0.2, 0.25) is 0 Å². The third kappa shape index (κ3) is 4.33. The molecule has 0 aliphatic heterocycles. The summed E-state index contributed by atoms with van der Waals surface area (Å²) in [5.41, 5.74) is 2.35. The van der Waals surface area contributed by atoms with Crippen molar-refractivity contribution in [2.75, 3.05) is 13.7 Å². The van der Waals surface area contributed by atoms with Gasteiger partial charge in [-0.1, -0.05) is 37.6 Å². The molecule has 16 heavy (non-hydrogen) atoms. The van der Waals surface area contributed by atoms with Crippen LogP contribution in [0.2, 0.25) is 0 Å². The molecule has 0 amide bonds. The number of methoxy groups -OCH3 is 1. The van der Waals surface area contributed by atoms with E-state index in [-0.39, 0.29) is 6.10 Å². The third-order valence-electron chi connectivity index (χ3n) is 2.73. The van der Waals surface area contributed by atoms with Crippen LogP contribution in [0.3, 0.4) is 0 Å². The van der Waals surface area contributed by atoms with Crippen LogP contribution in [0, 0.1) is 0 Å². The first kappa shape index (κ1) is 13.2. The minimum atomic E-state index is -0.356. The molecular weight excluding hydrogens is 200 g/mol. The van der Waals surface area contributed by atoms with Gasteiger partial charge in [0, 0.05) is 13.7 Å². The molecule has 0 radical (unpaired) electrons. The Morgan fingerprint density at radius 1 is 1.25 bits per heavy atom. The summed E-state index contributed by atoms with van der Waals surface area (Å²) in [6, 6.07) is 8.28. The topological polar surface area (TPSA) is 29.5 Å². The summed E-state index contributed by atoms with van der Waals surface area (Å²) in [6.07, 6.45) is 3.58. The zero-order chi connectivity index (χ0) is 11.8. The van der Waals surface area contributed by atoms with E-state index in [4.69, 9.17) is 4.74 Å². The van der Waals surface area contributed by atoms with Crippen LogP contribution in [-0.4, -0.2) is 18.8 Å². The van der Waals surface area contributed by atoms with Gasteiger partial charge in [-0.3, -0.25) is 0 Å². The Hall–Kier alpha value is -0.860. The van der Waals surface area contributed by atoms with E-state index in [0.717, 1.165) is 31.2 Å². The van der Waals surface area contributed by atoms with Gasteiger partial charge in [-0.15, -0.1) is 0 Å². The standard InChI is InChI=1S/C14H22O2/c1-3-5-12-7-9-13(10-8-12)14(15)6-4-11-16-2/h7-10,14-15H,3-6,11H2,1-2H3. The summed E-state index contributed by atoms with van der Waals surface area (Å²) < 4.78 is 4.97. The molecule has 1 aromatic carbocycles. The molecular formula is C14H22O2. The predicted octanol–water partition coefficient (Wildman–Crippen LogP) is 3.10. The summed E-state index contributed by atoms with van der Waals surface area (Å²) in [6.45, 7) is 2.89. The van der Waals surface area contributed by atoms with E-state index in [0.29, 0.717) is 6.61 Å². The molecule has 1 atom stereocenters. The van der Waals surface area contributed by atoms with E-state index in [1.165, 1.54) is 5.56 Å². The Labute approximate surface area is 98.3 Å². The quantitative estimate of drug-likeness (QED) is 0.718. The van der Waals surface area contributed by atoms with Crippen LogP contribution in [0.25, 0.3) is 0 Å². The Bertz CT molecular complexity index is 279. The van der Waals surface area contributed by atoms with E-state index in [2.05, 4.69) is 19.1 Å². The van der Waals surface area contributed by atoms with Gasteiger partial charge < -0.3 is 9.84 Å². The average Bonchev–Trinajstić information content (AvgIpc) is 2.30. The van der Waals surface area contributed by atoms with Gasteiger partial charge in [0.15, 0.2) is 0 Å². The molecule has 1 rings (SSSR count). The van der Waals surface area contributed by atoms with E-state index in [9.17, 15) is 5.11 Å². The molecule has 0 spiro atoms. The van der Waals surface area contributed by atoms with Crippen molar-refractivity contribution >= 4 is 0 Å². The molecule has 0 aliphatic rings. The third-order valence-corrected chi connectivity index (χ3v) is 2.73. The molecule has 0 bridgehead atoms. The van der Waals surface area contributed by atoms with Crippen molar-refractivity contribution in [2.24, 2.45) is 0 Å². The molecule has 2 nitrogen and oxygen atoms in total. The lowest BCUT2D eigenvalue weighted by atomic mass is 10.0. The molecule has 0 aliphatic carbocycles. The fourth-order valence-electron chi connectivity index (χ4n) is 1.78.